The maximum atomic E-state index is 11.4. The van der Waals surface area contributed by atoms with E-state index >= 15 is 0 Å². The van der Waals surface area contributed by atoms with Gasteiger partial charge in [0, 0.05) is 29.7 Å². The minimum Gasteiger partial charge on any atom is -0.396 e. The average Bonchev–Trinajstić information content (AvgIpc) is 2.39. The van der Waals surface area contributed by atoms with Gasteiger partial charge < -0.3 is 10.0 Å². The van der Waals surface area contributed by atoms with Crippen LogP contribution in [0.2, 0.25) is 0 Å². The number of halogens is 1. The van der Waals surface area contributed by atoms with Crippen molar-refractivity contribution in [1.82, 2.24) is 0 Å². The molecule has 0 saturated carbocycles. The molecule has 0 amide bonds. The van der Waals surface area contributed by atoms with Crippen molar-refractivity contribution >= 4 is 27.4 Å². The number of nitrogens with zero attached hydrogens (tertiary/aromatic N) is 1. The summed E-state index contributed by atoms with van der Waals surface area (Å²) in [5, 5.41) is 9.06. The summed E-state index contributed by atoms with van der Waals surface area (Å²) in [4.78, 5) is 13.7. The minimum absolute atomic E-state index is 0.0871. The lowest BCUT2D eigenvalue weighted by Gasteiger charge is -2.35. The Labute approximate surface area is 122 Å². The molecule has 1 N–H and O–H groups in total. The monoisotopic (exact) mass is 325 g/mol. The van der Waals surface area contributed by atoms with E-state index in [1.165, 1.54) is 6.42 Å². The van der Waals surface area contributed by atoms with E-state index in [9.17, 15) is 4.79 Å². The Balaban J connectivity index is 2.15. The molecular formula is C15H20BrNO2. The van der Waals surface area contributed by atoms with Crippen LogP contribution in [0.5, 0.6) is 0 Å². The normalized spacial score (nSPS) is 19.5. The number of hydrogen-bond acceptors (Lipinski definition) is 3. The molecule has 0 aromatic heterocycles. The molecule has 3 nitrogen and oxygen atoms in total. The van der Waals surface area contributed by atoms with Crippen LogP contribution in [-0.2, 0) is 0 Å². The molecule has 104 valence electrons. The average molecular weight is 326 g/mol. The summed E-state index contributed by atoms with van der Waals surface area (Å²) >= 11 is 3.57. The van der Waals surface area contributed by atoms with Gasteiger partial charge in [0.15, 0.2) is 5.78 Å². The first-order valence-electron chi connectivity index (χ1n) is 6.78. The van der Waals surface area contributed by atoms with Crippen molar-refractivity contribution in [3.8, 4) is 0 Å². The number of hydrogen-bond donors (Lipinski definition) is 1. The van der Waals surface area contributed by atoms with Crippen LogP contribution in [0.15, 0.2) is 22.7 Å². The van der Waals surface area contributed by atoms with Crippen molar-refractivity contribution in [3.05, 3.63) is 28.2 Å². The third kappa shape index (κ3) is 3.57. The number of ketones is 1. The smallest absolute Gasteiger partial charge is 0.159 e. The van der Waals surface area contributed by atoms with Gasteiger partial charge in [0.2, 0.25) is 0 Å². The summed E-state index contributed by atoms with van der Waals surface area (Å²) in [5.74, 6) is 0.655. The minimum atomic E-state index is 0.0871. The van der Waals surface area contributed by atoms with E-state index in [4.69, 9.17) is 5.11 Å². The predicted octanol–water partition coefficient (Wildman–Crippen LogP) is 3.25. The van der Waals surface area contributed by atoms with Crippen molar-refractivity contribution in [2.24, 2.45) is 5.92 Å². The van der Waals surface area contributed by atoms with E-state index < -0.39 is 0 Å². The topological polar surface area (TPSA) is 40.5 Å². The van der Waals surface area contributed by atoms with Gasteiger partial charge >= 0.3 is 0 Å². The summed E-state index contributed by atoms with van der Waals surface area (Å²) in [6, 6.07) is 5.80. The molecule has 0 bridgehead atoms. The molecule has 0 aliphatic carbocycles. The fourth-order valence-electron chi connectivity index (χ4n) is 2.68. The summed E-state index contributed by atoms with van der Waals surface area (Å²) in [7, 11) is 0. The van der Waals surface area contributed by atoms with Crippen LogP contribution in [0, 0.1) is 5.92 Å². The number of rotatable bonds is 4. The van der Waals surface area contributed by atoms with Crippen LogP contribution in [0.1, 0.15) is 36.5 Å². The largest absolute Gasteiger partial charge is 0.396 e. The number of aliphatic hydroxyl groups excluding tert-OH is 1. The molecule has 1 fully saturated rings. The molecule has 1 aliphatic rings. The fourth-order valence-corrected chi connectivity index (χ4v) is 3.31. The highest BCUT2D eigenvalue weighted by Crippen LogP contribution is 2.31. The number of anilines is 1. The van der Waals surface area contributed by atoms with Crippen molar-refractivity contribution in [3.63, 3.8) is 0 Å². The van der Waals surface area contributed by atoms with Gasteiger partial charge in [-0.15, -0.1) is 0 Å². The number of carbonyl (C=O) groups is 1. The Morgan fingerprint density at radius 3 is 2.95 bits per heavy atom. The first-order chi connectivity index (χ1) is 9.11. The first-order valence-corrected chi connectivity index (χ1v) is 7.57. The van der Waals surface area contributed by atoms with E-state index in [2.05, 4.69) is 20.8 Å². The van der Waals surface area contributed by atoms with Crippen LogP contribution < -0.4 is 4.90 Å². The second-order valence-corrected chi connectivity index (χ2v) is 6.04. The third-order valence-electron chi connectivity index (χ3n) is 3.75. The Kier molecular flexibility index (Phi) is 4.99. The van der Waals surface area contributed by atoms with E-state index in [1.54, 1.807) is 6.92 Å². The Morgan fingerprint density at radius 1 is 1.53 bits per heavy atom. The van der Waals surface area contributed by atoms with Gasteiger partial charge in [0.05, 0.1) is 5.69 Å². The third-order valence-corrected chi connectivity index (χ3v) is 4.39. The summed E-state index contributed by atoms with van der Waals surface area (Å²) in [5.41, 5.74) is 1.88. The van der Waals surface area contributed by atoms with Gasteiger partial charge in [-0.2, -0.15) is 0 Å². The van der Waals surface area contributed by atoms with Gasteiger partial charge in [-0.25, -0.2) is 0 Å². The number of benzene rings is 1. The second-order valence-electron chi connectivity index (χ2n) is 5.19. The van der Waals surface area contributed by atoms with Crippen LogP contribution in [0.3, 0.4) is 0 Å². The fraction of sp³-hybridized carbons (Fsp3) is 0.533. The Morgan fingerprint density at radius 2 is 2.32 bits per heavy atom. The summed E-state index contributed by atoms with van der Waals surface area (Å²) in [6.07, 6.45) is 3.23. The lowest BCUT2D eigenvalue weighted by molar-refractivity contribution is 0.101. The lowest BCUT2D eigenvalue weighted by atomic mass is 9.94. The molecule has 1 aromatic rings. The predicted molar refractivity (Wildman–Crippen MR) is 80.8 cm³/mol. The zero-order valence-electron chi connectivity index (χ0n) is 11.2. The van der Waals surface area contributed by atoms with Crippen LogP contribution >= 0.6 is 15.9 Å². The summed E-state index contributed by atoms with van der Waals surface area (Å²) < 4.78 is 0.977. The quantitative estimate of drug-likeness (QED) is 0.864. The van der Waals surface area contributed by atoms with Crippen molar-refractivity contribution in [2.45, 2.75) is 26.2 Å². The SMILES string of the molecule is CC(=O)c1ccc(N2CCCC(CCO)C2)c(Br)c1. The lowest BCUT2D eigenvalue weighted by Crippen LogP contribution is -2.36. The molecule has 0 spiro atoms. The number of carbonyl (C=O) groups excluding carboxylic acids is 1. The highest BCUT2D eigenvalue weighted by atomic mass is 79.9. The zero-order chi connectivity index (χ0) is 13.8. The molecule has 4 heteroatoms. The maximum Gasteiger partial charge on any atom is 0.159 e. The first kappa shape index (κ1) is 14.5. The van der Waals surface area contributed by atoms with Crippen LogP contribution in [0.25, 0.3) is 0 Å². The van der Waals surface area contributed by atoms with E-state index in [1.807, 2.05) is 18.2 Å². The zero-order valence-corrected chi connectivity index (χ0v) is 12.8. The molecule has 1 unspecified atom stereocenters. The number of Topliss-reactive ketones (excluding diaryl/α,β-unsaturated/α-hetero) is 1. The van der Waals surface area contributed by atoms with E-state index in [0.29, 0.717) is 5.92 Å². The van der Waals surface area contributed by atoms with Gasteiger partial charge in [0.1, 0.15) is 0 Å². The van der Waals surface area contributed by atoms with E-state index in [0.717, 1.165) is 41.7 Å². The summed E-state index contributed by atoms with van der Waals surface area (Å²) in [6.45, 7) is 3.88. The maximum absolute atomic E-state index is 11.4. The van der Waals surface area contributed by atoms with Crippen LogP contribution in [0.4, 0.5) is 5.69 Å². The van der Waals surface area contributed by atoms with Crippen LogP contribution in [-0.4, -0.2) is 30.6 Å². The molecule has 1 saturated heterocycles. The Hall–Kier alpha value is -0.870. The van der Waals surface area contributed by atoms with Crippen molar-refractivity contribution in [1.29, 1.82) is 0 Å². The molecular weight excluding hydrogens is 306 g/mol. The molecule has 1 atom stereocenters. The van der Waals surface area contributed by atoms with Gasteiger partial charge in [-0.05, 0) is 66.2 Å². The highest BCUT2D eigenvalue weighted by Gasteiger charge is 2.21. The van der Waals surface area contributed by atoms with Gasteiger partial charge in [-0.1, -0.05) is 0 Å². The van der Waals surface area contributed by atoms with Gasteiger partial charge in [-0.3, -0.25) is 4.79 Å². The molecule has 0 radical (unpaired) electrons. The van der Waals surface area contributed by atoms with Crippen molar-refractivity contribution < 1.29 is 9.90 Å². The molecule has 19 heavy (non-hydrogen) atoms. The molecule has 1 aromatic carbocycles. The number of aliphatic hydroxyl groups is 1. The second kappa shape index (κ2) is 6.53. The molecule has 1 aliphatic heterocycles. The molecule has 1 heterocycles. The van der Waals surface area contributed by atoms with Gasteiger partial charge in [0.25, 0.3) is 0 Å². The Bertz CT molecular complexity index is 459. The van der Waals surface area contributed by atoms with E-state index in [-0.39, 0.29) is 12.4 Å². The van der Waals surface area contributed by atoms with Crippen molar-refractivity contribution in [2.75, 3.05) is 24.6 Å². The standard InChI is InChI=1S/C15H20BrNO2/c1-11(19)13-4-5-15(14(16)9-13)17-7-2-3-12(10-17)6-8-18/h4-5,9,12,18H,2-3,6-8,10H2,1H3. The molecule has 2 rings (SSSR count). The highest BCUT2D eigenvalue weighted by molar-refractivity contribution is 9.10. The number of piperidine rings is 1.